The number of aromatic nitrogens is 5. The Balaban J connectivity index is 1.68. The van der Waals surface area contributed by atoms with Crippen LogP contribution in [-0.2, 0) is 0 Å². The van der Waals surface area contributed by atoms with Crippen molar-refractivity contribution in [1.29, 1.82) is 0 Å². The van der Waals surface area contributed by atoms with Crippen LogP contribution in [0.2, 0.25) is 0 Å². The molecule has 0 spiro atoms. The van der Waals surface area contributed by atoms with Gasteiger partial charge < -0.3 is 19.2 Å². The summed E-state index contributed by atoms with van der Waals surface area (Å²) in [5.74, 6) is 1.50. The van der Waals surface area contributed by atoms with E-state index in [1.807, 2.05) is 38.2 Å². The van der Waals surface area contributed by atoms with Crippen LogP contribution in [-0.4, -0.2) is 32.2 Å². The summed E-state index contributed by atoms with van der Waals surface area (Å²) in [6.07, 6.45) is 3.60. The number of para-hydroxylation sites is 1. The second-order valence-corrected chi connectivity index (χ2v) is 7.62. The quantitative estimate of drug-likeness (QED) is 0.400. The zero-order valence-corrected chi connectivity index (χ0v) is 17.3. The summed E-state index contributed by atoms with van der Waals surface area (Å²) < 4.78 is 11.2. The van der Waals surface area contributed by atoms with Gasteiger partial charge in [0.1, 0.15) is 23.5 Å². The third-order valence-corrected chi connectivity index (χ3v) is 5.86. The highest BCUT2D eigenvalue weighted by molar-refractivity contribution is 6.15. The Morgan fingerprint density at radius 3 is 2.65 bits per heavy atom. The van der Waals surface area contributed by atoms with E-state index in [9.17, 15) is 0 Å². The minimum absolute atomic E-state index is 0.747. The average molecular weight is 409 g/mol. The van der Waals surface area contributed by atoms with Gasteiger partial charge in [-0.1, -0.05) is 23.4 Å². The van der Waals surface area contributed by atoms with Gasteiger partial charge in [-0.05, 0) is 32.0 Å². The Morgan fingerprint density at radius 1 is 0.968 bits per heavy atom. The molecule has 0 amide bonds. The van der Waals surface area contributed by atoms with Crippen molar-refractivity contribution in [1.82, 2.24) is 25.1 Å². The third-order valence-electron chi connectivity index (χ3n) is 5.86. The lowest BCUT2D eigenvalue weighted by atomic mass is 9.99. The van der Waals surface area contributed by atoms with Crippen LogP contribution in [0.3, 0.4) is 0 Å². The van der Waals surface area contributed by atoms with Crippen molar-refractivity contribution in [2.45, 2.75) is 13.8 Å². The van der Waals surface area contributed by atoms with Gasteiger partial charge in [-0.25, -0.2) is 9.97 Å². The van der Waals surface area contributed by atoms with Gasteiger partial charge in [0.2, 0.25) is 0 Å². The highest BCUT2D eigenvalue weighted by Crippen LogP contribution is 2.41. The van der Waals surface area contributed by atoms with Crippen molar-refractivity contribution in [2.75, 3.05) is 7.11 Å². The summed E-state index contributed by atoms with van der Waals surface area (Å²) in [5, 5.41) is 7.19. The van der Waals surface area contributed by atoms with Crippen molar-refractivity contribution >= 4 is 32.8 Å². The van der Waals surface area contributed by atoms with E-state index >= 15 is 0 Å². The van der Waals surface area contributed by atoms with Crippen LogP contribution in [0.25, 0.3) is 55.2 Å². The molecule has 31 heavy (non-hydrogen) atoms. The maximum atomic E-state index is 5.78. The van der Waals surface area contributed by atoms with E-state index in [1.54, 1.807) is 13.4 Å². The number of nitrogens with one attached hydrogen (secondary N) is 2. The molecule has 0 unspecified atom stereocenters. The molecule has 6 aromatic rings. The molecule has 0 radical (unpaired) electrons. The molecule has 0 fully saturated rings. The molecule has 4 aromatic heterocycles. The topological polar surface area (TPSA) is 92.6 Å². The van der Waals surface area contributed by atoms with Crippen molar-refractivity contribution in [3.8, 4) is 28.1 Å². The summed E-state index contributed by atoms with van der Waals surface area (Å²) in [6, 6.07) is 12.3. The lowest BCUT2D eigenvalue weighted by Gasteiger charge is -2.09. The monoisotopic (exact) mass is 409 g/mol. The Labute approximate surface area is 177 Å². The second-order valence-electron chi connectivity index (χ2n) is 7.62. The molecule has 0 aliphatic rings. The van der Waals surface area contributed by atoms with Gasteiger partial charge in [0.05, 0.1) is 29.4 Å². The first kappa shape index (κ1) is 17.7. The van der Waals surface area contributed by atoms with E-state index in [-0.39, 0.29) is 0 Å². The van der Waals surface area contributed by atoms with Gasteiger partial charge in [-0.15, -0.1) is 0 Å². The minimum Gasteiger partial charge on any atom is -0.496 e. The fraction of sp³-hybridized carbons (Fsp3) is 0.125. The molecule has 6 rings (SSSR count). The lowest BCUT2D eigenvalue weighted by molar-refractivity contribution is 0.393. The van der Waals surface area contributed by atoms with E-state index in [4.69, 9.17) is 9.26 Å². The predicted octanol–water partition coefficient (Wildman–Crippen LogP) is 5.54. The maximum absolute atomic E-state index is 5.78. The number of aromatic amines is 2. The van der Waals surface area contributed by atoms with E-state index in [0.717, 1.165) is 72.4 Å². The first-order valence-corrected chi connectivity index (χ1v) is 10.00. The molecule has 2 N–H and O–H groups in total. The Bertz CT molecular complexity index is 1590. The summed E-state index contributed by atoms with van der Waals surface area (Å²) in [4.78, 5) is 16.0. The van der Waals surface area contributed by atoms with Crippen LogP contribution in [0, 0.1) is 13.8 Å². The van der Waals surface area contributed by atoms with Crippen LogP contribution in [0.4, 0.5) is 0 Å². The van der Waals surface area contributed by atoms with Gasteiger partial charge in [0.15, 0.2) is 0 Å². The van der Waals surface area contributed by atoms with E-state index in [1.165, 1.54) is 0 Å². The van der Waals surface area contributed by atoms with Crippen LogP contribution >= 0.6 is 0 Å². The molecule has 0 aliphatic heterocycles. The van der Waals surface area contributed by atoms with Crippen molar-refractivity contribution in [3.05, 3.63) is 60.4 Å². The smallest absolute Gasteiger partial charge is 0.142 e. The number of hydrogen-bond acceptors (Lipinski definition) is 5. The number of nitrogens with zero attached hydrogens (tertiary/aromatic N) is 3. The standard InChI is InChI=1S/C24H19N5O2/c1-12-21(13(2)31-29-12)16-8-19-15(9-20(16)30-3)22-23(26-11-27-24(22)28-19)17-10-25-18-7-5-4-6-14(17)18/h4-11,25H,1-3H3,(H,26,27,28). The van der Waals surface area contributed by atoms with Crippen LogP contribution in [0.5, 0.6) is 5.75 Å². The molecule has 0 aliphatic carbocycles. The minimum atomic E-state index is 0.747. The van der Waals surface area contributed by atoms with Crippen molar-refractivity contribution in [3.63, 3.8) is 0 Å². The Hall–Kier alpha value is -4.13. The number of H-pyrrole nitrogens is 2. The van der Waals surface area contributed by atoms with Gasteiger partial charge in [0, 0.05) is 39.1 Å². The molecule has 0 saturated carbocycles. The van der Waals surface area contributed by atoms with Crippen molar-refractivity contribution in [2.24, 2.45) is 0 Å². The number of hydrogen-bond donors (Lipinski definition) is 2. The second kappa shape index (κ2) is 6.43. The fourth-order valence-electron chi connectivity index (χ4n) is 4.46. The van der Waals surface area contributed by atoms with Gasteiger partial charge in [-0.3, -0.25) is 0 Å². The number of rotatable bonds is 3. The number of benzene rings is 2. The van der Waals surface area contributed by atoms with E-state index in [0.29, 0.717) is 0 Å². The molecule has 7 heteroatoms. The molecule has 0 saturated heterocycles. The van der Waals surface area contributed by atoms with Crippen molar-refractivity contribution < 1.29 is 9.26 Å². The normalized spacial score (nSPS) is 11.7. The lowest BCUT2D eigenvalue weighted by Crippen LogP contribution is -1.90. The zero-order chi connectivity index (χ0) is 21.1. The SMILES string of the molecule is COc1cc2c(cc1-c1c(C)noc1C)[nH]c1ncnc(-c3c[nH]c4ccccc34)c12. The predicted molar refractivity (Wildman–Crippen MR) is 120 cm³/mol. The zero-order valence-electron chi connectivity index (χ0n) is 17.3. The van der Waals surface area contributed by atoms with Crippen LogP contribution in [0.15, 0.2) is 53.4 Å². The maximum Gasteiger partial charge on any atom is 0.142 e. The highest BCUT2D eigenvalue weighted by atomic mass is 16.5. The molecule has 0 atom stereocenters. The number of fused-ring (bicyclic) bond motifs is 4. The third kappa shape index (κ3) is 2.49. The van der Waals surface area contributed by atoms with Crippen LogP contribution in [0.1, 0.15) is 11.5 Å². The summed E-state index contributed by atoms with van der Waals surface area (Å²) in [5.41, 5.74) is 7.42. The molecular formula is C24H19N5O2. The van der Waals surface area contributed by atoms with Gasteiger partial charge in [0.25, 0.3) is 0 Å². The van der Waals surface area contributed by atoms with Gasteiger partial charge >= 0.3 is 0 Å². The number of aryl methyl sites for hydroxylation is 2. The number of methoxy groups -OCH3 is 1. The van der Waals surface area contributed by atoms with E-state index in [2.05, 4.69) is 43.3 Å². The Kier molecular flexibility index (Phi) is 3.67. The average Bonchev–Trinajstić information content (AvgIpc) is 3.47. The molecule has 2 aromatic carbocycles. The summed E-state index contributed by atoms with van der Waals surface area (Å²) >= 11 is 0. The molecule has 4 heterocycles. The first-order chi connectivity index (χ1) is 15.2. The molecular weight excluding hydrogens is 390 g/mol. The first-order valence-electron chi connectivity index (χ1n) is 10.00. The summed E-state index contributed by atoms with van der Waals surface area (Å²) in [6.45, 7) is 3.84. The largest absolute Gasteiger partial charge is 0.496 e. The molecule has 152 valence electrons. The van der Waals surface area contributed by atoms with Gasteiger partial charge in [-0.2, -0.15) is 0 Å². The van der Waals surface area contributed by atoms with Crippen LogP contribution < -0.4 is 4.74 Å². The fourth-order valence-corrected chi connectivity index (χ4v) is 4.46. The Morgan fingerprint density at radius 2 is 1.84 bits per heavy atom. The highest BCUT2D eigenvalue weighted by Gasteiger charge is 2.21. The number of ether oxygens (including phenoxy) is 1. The van der Waals surface area contributed by atoms with E-state index < -0.39 is 0 Å². The molecule has 7 nitrogen and oxygen atoms in total. The molecule has 0 bridgehead atoms. The summed E-state index contributed by atoms with van der Waals surface area (Å²) in [7, 11) is 1.68.